The number of aromatic nitrogens is 3. The maximum Gasteiger partial charge on any atom is 0.266 e. The molecule has 11 nitrogen and oxygen atoms in total. The van der Waals surface area contributed by atoms with Crippen LogP contribution in [0.5, 0.6) is 0 Å². The molecule has 0 aliphatic rings. The number of nitrogens with one attached hydrogen (secondary N) is 2. The van der Waals surface area contributed by atoms with Crippen molar-refractivity contribution in [3.8, 4) is 5.69 Å². The van der Waals surface area contributed by atoms with Crippen LogP contribution in [0.1, 0.15) is 23.7 Å². The molecule has 0 saturated heterocycles. The number of rotatable bonds is 3. The fraction of sp³-hybridized carbons (Fsp3) is 0.0556. The van der Waals surface area contributed by atoms with Gasteiger partial charge in [0.05, 0.1) is 68.1 Å². The lowest BCUT2D eigenvalue weighted by atomic mass is 9.98. The fourth-order valence-corrected chi connectivity index (χ4v) is 8.99. The van der Waals surface area contributed by atoms with E-state index in [0.717, 1.165) is 52.6 Å². The van der Waals surface area contributed by atoms with E-state index < -0.39 is 34.6 Å². The average molecular weight is 688 g/mol. The van der Waals surface area contributed by atoms with Crippen LogP contribution in [0.3, 0.4) is 0 Å². The van der Waals surface area contributed by atoms with Gasteiger partial charge in [-0.25, -0.2) is 4.57 Å². The lowest BCUT2D eigenvalue weighted by Crippen LogP contribution is -2.24. The molecule has 0 fully saturated rings. The van der Waals surface area contributed by atoms with E-state index in [4.69, 9.17) is 0 Å². The highest BCUT2D eigenvalue weighted by molar-refractivity contribution is 7.32. The van der Waals surface area contributed by atoms with Crippen molar-refractivity contribution in [3.05, 3.63) is 131 Å². The SMILES string of the molecule is O=c1c2cc3c(=O)n(-c4cc(C(O)O)cc(C(O)O)c4)c(=O)c3cc2c(=O)c2c3[nH]c4ccccc4sc3c3sc4ccccc4[nH]c3c12. The summed E-state index contributed by atoms with van der Waals surface area (Å²) < 4.78 is 4.18. The number of hydrogen-bond acceptors (Lipinski definition) is 10. The highest BCUT2D eigenvalue weighted by Crippen LogP contribution is 2.40. The lowest BCUT2D eigenvalue weighted by Gasteiger charge is -2.12. The molecule has 0 spiro atoms. The molecule has 9 rings (SSSR count). The molecule has 0 unspecified atom stereocenters. The highest BCUT2D eigenvalue weighted by atomic mass is 32.1. The van der Waals surface area contributed by atoms with Gasteiger partial charge in [-0.2, -0.15) is 0 Å². The zero-order valence-electron chi connectivity index (χ0n) is 24.8. The molecule has 9 aromatic rings. The average Bonchev–Trinajstić information content (AvgIpc) is 3.35. The molecule has 6 N–H and O–H groups in total. The molecule has 3 heterocycles. The molecular formula is C36H21N3O8S2. The zero-order valence-corrected chi connectivity index (χ0v) is 26.5. The molecule has 13 heteroatoms. The number of H-pyrrole nitrogens is 2. The highest BCUT2D eigenvalue weighted by Gasteiger charge is 2.24. The molecule has 0 atom stereocenters. The summed E-state index contributed by atoms with van der Waals surface area (Å²) in [4.78, 5) is 63.6. The molecule has 0 bridgehead atoms. The molecule has 6 aromatic carbocycles. The van der Waals surface area contributed by atoms with Crippen LogP contribution in [0, 0.1) is 0 Å². The van der Waals surface area contributed by atoms with Crippen molar-refractivity contribution in [1.29, 1.82) is 0 Å². The molecular weight excluding hydrogens is 667 g/mol. The van der Waals surface area contributed by atoms with Gasteiger partial charge in [-0.15, -0.1) is 22.7 Å². The number of fused-ring (bicyclic) bond motifs is 10. The summed E-state index contributed by atoms with van der Waals surface area (Å²) in [5.74, 6) is 0. The number of benzene rings is 6. The molecule has 0 aliphatic carbocycles. The second-order valence-electron chi connectivity index (χ2n) is 11.8. The van der Waals surface area contributed by atoms with Crippen molar-refractivity contribution in [2.45, 2.75) is 12.6 Å². The molecule has 49 heavy (non-hydrogen) atoms. The van der Waals surface area contributed by atoms with Gasteiger partial charge in [0.25, 0.3) is 11.1 Å². The Balaban J connectivity index is 1.46. The van der Waals surface area contributed by atoms with Gasteiger partial charge < -0.3 is 30.4 Å². The van der Waals surface area contributed by atoms with Gasteiger partial charge in [0.15, 0.2) is 23.4 Å². The lowest BCUT2D eigenvalue weighted by molar-refractivity contribution is -0.0475. The molecule has 0 aliphatic heterocycles. The van der Waals surface area contributed by atoms with Gasteiger partial charge in [0, 0.05) is 21.9 Å². The predicted octanol–water partition coefficient (Wildman–Crippen LogP) is 4.74. The standard InChI is InChI=1S/C36H21N3O8S2/c40-29-17-12-19-20(34(43)39(33(19)42)16-10-14(35(44)45)9-15(11-16)36(46)47)13-18(17)30(41)26-25(29)27-31(48-23-7-3-1-5-21(23)37-27)32-28(26)38-22-6-2-4-8-24(22)49-32/h1-13,35-38,44-47H. The zero-order chi connectivity index (χ0) is 33.9. The van der Waals surface area contributed by atoms with Gasteiger partial charge in [-0.05, 0) is 54.6 Å². The first kappa shape index (κ1) is 29.6. The predicted molar refractivity (Wildman–Crippen MR) is 192 cm³/mol. The summed E-state index contributed by atoms with van der Waals surface area (Å²) in [6.07, 6.45) is -4.08. The van der Waals surface area contributed by atoms with Gasteiger partial charge in [-0.1, -0.05) is 24.3 Å². The summed E-state index contributed by atoms with van der Waals surface area (Å²) in [7, 11) is 0. The molecule has 0 radical (unpaired) electrons. The Morgan fingerprint density at radius 1 is 0.551 bits per heavy atom. The number of aliphatic hydroxyl groups is 4. The Kier molecular flexibility index (Phi) is 6.33. The Labute approximate surface area is 279 Å². The molecule has 0 saturated carbocycles. The van der Waals surface area contributed by atoms with Crippen LogP contribution >= 0.6 is 22.7 Å². The second kappa shape index (κ2) is 10.5. The Morgan fingerprint density at radius 2 is 0.980 bits per heavy atom. The van der Waals surface area contributed by atoms with Crippen LogP contribution in [-0.2, 0) is 0 Å². The number of hydrogen-bond donors (Lipinski definition) is 6. The molecule has 240 valence electrons. The molecule has 0 amide bonds. The topological polar surface area (TPSA) is 186 Å². The van der Waals surface area contributed by atoms with Crippen molar-refractivity contribution in [1.82, 2.24) is 14.5 Å². The van der Waals surface area contributed by atoms with E-state index in [1.54, 1.807) is 0 Å². The second-order valence-corrected chi connectivity index (χ2v) is 13.9. The van der Waals surface area contributed by atoms with E-state index >= 15 is 0 Å². The fourth-order valence-electron chi connectivity index (χ4n) is 6.65. The van der Waals surface area contributed by atoms with E-state index in [1.165, 1.54) is 34.8 Å². The van der Waals surface area contributed by atoms with Crippen molar-refractivity contribution in [2.75, 3.05) is 0 Å². The van der Waals surface area contributed by atoms with Crippen LogP contribution in [0.25, 0.3) is 78.9 Å². The first-order chi connectivity index (χ1) is 23.6. The van der Waals surface area contributed by atoms with Crippen molar-refractivity contribution in [3.63, 3.8) is 0 Å². The third-order valence-electron chi connectivity index (χ3n) is 8.91. The minimum Gasteiger partial charge on any atom is -0.364 e. The third kappa shape index (κ3) is 4.21. The van der Waals surface area contributed by atoms with E-state index in [1.807, 2.05) is 48.5 Å². The van der Waals surface area contributed by atoms with Gasteiger partial charge in [0.1, 0.15) is 0 Å². The van der Waals surface area contributed by atoms with Crippen molar-refractivity contribution in [2.24, 2.45) is 0 Å². The first-order valence-corrected chi connectivity index (χ1v) is 16.6. The maximum absolute atomic E-state index is 14.6. The van der Waals surface area contributed by atoms with Crippen molar-refractivity contribution < 1.29 is 20.4 Å². The third-order valence-corrected chi connectivity index (χ3v) is 11.4. The quantitative estimate of drug-likeness (QED) is 0.0874. The number of para-hydroxylation sites is 2. The van der Waals surface area contributed by atoms with Crippen molar-refractivity contribution >= 4 is 95.9 Å². The number of aliphatic hydroxyl groups excluding tert-OH is 2. The summed E-state index contributed by atoms with van der Waals surface area (Å²) in [5.41, 5.74) is -0.686. The van der Waals surface area contributed by atoms with Crippen LogP contribution in [-0.4, -0.2) is 35.0 Å². The van der Waals surface area contributed by atoms with Crippen LogP contribution in [0.4, 0.5) is 0 Å². The number of nitrogens with zero attached hydrogens (tertiary/aromatic N) is 1. The summed E-state index contributed by atoms with van der Waals surface area (Å²) in [6, 6.07) is 21.2. The van der Waals surface area contributed by atoms with Gasteiger partial charge in [-0.3, -0.25) is 19.2 Å². The van der Waals surface area contributed by atoms with E-state index in [9.17, 15) is 39.6 Å². The van der Waals surface area contributed by atoms with Crippen LogP contribution in [0.15, 0.2) is 98.0 Å². The van der Waals surface area contributed by atoms with E-state index in [2.05, 4.69) is 9.97 Å². The van der Waals surface area contributed by atoms with Crippen LogP contribution < -0.4 is 22.0 Å². The summed E-state index contributed by atoms with van der Waals surface area (Å²) in [5, 5.41) is 39.1. The maximum atomic E-state index is 14.6. The summed E-state index contributed by atoms with van der Waals surface area (Å²) in [6.45, 7) is 0. The smallest absolute Gasteiger partial charge is 0.266 e. The minimum atomic E-state index is -2.04. The van der Waals surface area contributed by atoms with Gasteiger partial charge >= 0.3 is 0 Å². The monoisotopic (exact) mass is 687 g/mol. The normalized spacial score (nSPS) is 12.4. The number of aromatic amines is 2. The Hall–Kier alpha value is -5.54. The van der Waals surface area contributed by atoms with Crippen LogP contribution in [0.2, 0.25) is 0 Å². The Morgan fingerprint density at radius 3 is 1.41 bits per heavy atom. The van der Waals surface area contributed by atoms with E-state index in [0.29, 0.717) is 11.0 Å². The van der Waals surface area contributed by atoms with Gasteiger partial charge in [0.2, 0.25) is 0 Å². The molecule has 3 aromatic heterocycles. The summed E-state index contributed by atoms with van der Waals surface area (Å²) >= 11 is 2.98. The Bertz CT molecular complexity index is 2960. The largest absolute Gasteiger partial charge is 0.364 e. The minimum absolute atomic E-state index is 0.0399. The first-order valence-electron chi connectivity index (χ1n) is 15.0. The van der Waals surface area contributed by atoms with E-state index in [-0.39, 0.29) is 49.1 Å².